The van der Waals surface area contributed by atoms with Crippen LogP contribution in [0.3, 0.4) is 0 Å². The number of amides is 2. The Bertz CT molecular complexity index is 1610. The van der Waals surface area contributed by atoms with Crippen molar-refractivity contribution in [2.75, 3.05) is 6.54 Å². The number of imidazole rings is 1. The first kappa shape index (κ1) is 26.6. The predicted octanol–water partition coefficient (Wildman–Crippen LogP) is 4.45. The van der Waals surface area contributed by atoms with Crippen LogP contribution in [0.15, 0.2) is 51.7 Å². The van der Waals surface area contributed by atoms with Crippen molar-refractivity contribution in [2.24, 2.45) is 5.73 Å². The number of benzene rings is 1. The van der Waals surface area contributed by atoms with Gasteiger partial charge in [-0.15, -0.1) is 10.2 Å². The lowest BCUT2D eigenvalue weighted by molar-refractivity contribution is -0.117. The second-order valence-corrected chi connectivity index (χ2v) is 9.99. The van der Waals surface area contributed by atoms with Gasteiger partial charge in [-0.3, -0.25) is 9.59 Å². The molecule has 0 bridgehead atoms. The number of nitrogens with two attached hydrogens (primary N) is 1. The maximum Gasteiger partial charge on any atom is 0.271 e. The summed E-state index contributed by atoms with van der Waals surface area (Å²) in [5.41, 5.74) is 10.6. The summed E-state index contributed by atoms with van der Waals surface area (Å²) < 4.78 is 8.13. The van der Waals surface area contributed by atoms with Crippen molar-refractivity contribution in [3.8, 4) is 33.6 Å². The number of H-pyrrole nitrogens is 1. The maximum absolute atomic E-state index is 13.2. The molecular formula is C26H24BrClN8O3. The van der Waals surface area contributed by atoms with Crippen LogP contribution in [0, 0.1) is 0 Å². The van der Waals surface area contributed by atoms with E-state index in [1.165, 1.54) is 0 Å². The third-order valence-corrected chi connectivity index (χ3v) is 7.45. The van der Waals surface area contributed by atoms with Crippen LogP contribution in [0.5, 0.6) is 0 Å². The van der Waals surface area contributed by atoms with Gasteiger partial charge in [0.2, 0.25) is 11.7 Å². The molecule has 39 heavy (non-hydrogen) atoms. The largest absolute Gasteiger partial charge is 0.472 e. The highest BCUT2D eigenvalue weighted by atomic mass is 79.9. The molecule has 5 rings (SSSR count). The van der Waals surface area contributed by atoms with Gasteiger partial charge in [0.15, 0.2) is 5.15 Å². The molecule has 0 atom stereocenters. The Morgan fingerprint density at radius 1 is 1.18 bits per heavy atom. The number of hydrogen-bond acceptors (Lipinski definition) is 7. The van der Waals surface area contributed by atoms with Crippen LogP contribution >= 0.6 is 27.5 Å². The third-order valence-electron chi connectivity index (χ3n) is 6.37. The normalized spacial score (nSPS) is 11.3. The SMILES string of the molecule is CCCCc1nc(Cl)c(C(=O)NCC(N)=O)n1Cc1c2ccocc-2c(Br)c1-c1ccccc1-c1nn[nH]n1. The van der Waals surface area contributed by atoms with Crippen LogP contribution in [-0.2, 0) is 17.8 Å². The highest BCUT2D eigenvalue weighted by molar-refractivity contribution is 9.10. The van der Waals surface area contributed by atoms with E-state index in [-0.39, 0.29) is 23.9 Å². The molecule has 1 aliphatic carbocycles. The summed E-state index contributed by atoms with van der Waals surface area (Å²) in [6.07, 6.45) is 5.68. The Hall–Kier alpha value is -4.03. The van der Waals surface area contributed by atoms with Crippen LogP contribution in [0.4, 0.5) is 0 Å². The second kappa shape index (κ2) is 11.4. The van der Waals surface area contributed by atoms with Crippen molar-refractivity contribution < 1.29 is 14.0 Å². The van der Waals surface area contributed by atoms with Gasteiger partial charge in [-0.1, -0.05) is 49.2 Å². The molecule has 0 spiro atoms. The van der Waals surface area contributed by atoms with E-state index in [0.717, 1.165) is 50.7 Å². The van der Waals surface area contributed by atoms with Crippen LogP contribution in [-0.4, -0.2) is 48.5 Å². The third kappa shape index (κ3) is 5.17. The summed E-state index contributed by atoms with van der Waals surface area (Å²) in [6, 6.07) is 9.61. The number of nitrogens with zero attached hydrogens (tertiary/aromatic N) is 5. The van der Waals surface area contributed by atoms with Crippen molar-refractivity contribution >= 4 is 39.3 Å². The van der Waals surface area contributed by atoms with Gasteiger partial charge < -0.3 is 20.0 Å². The number of carbonyl (C=O) groups excluding carboxylic acids is 2. The van der Waals surface area contributed by atoms with Crippen LogP contribution in [0.25, 0.3) is 33.6 Å². The molecule has 4 N–H and O–H groups in total. The fraction of sp³-hybridized carbons (Fsp3) is 0.231. The fourth-order valence-corrected chi connectivity index (χ4v) is 5.65. The number of aromatic nitrogens is 6. The zero-order valence-electron chi connectivity index (χ0n) is 20.9. The molecule has 3 heterocycles. The number of halogens is 2. The van der Waals surface area contributed by atoms with Crippen LogP contribution in [0.2, 0.25) is 5.15 Å². The topological polar surface area (TPSA) is 158 Å². The molecule has 0 fully saturated rings. The first-order chi connectivity index (χ1) is 18.9. The minimum absolute atomic E-state index is 0.0572. The molecule has 200 valence electrons. The molecule has 1 aromatic carbocycles. The summed E-state index contributed by atoms with van der Waals surface area (Å²) in [4.78, 5) is 29.1. The summed E-state index contributed by atoms with van der Waals surface area (Å²) in [6.45, 7) is 2.02. The van der Waals surface area contributed by atoms with Gasteiger partial charge in [-0.2, -0.15) is 5.21 Å². The lowest BCUT2D eigenvalue weighted by Crippen LogP contribution is -2.34. The van der Waals surface area contributed by atoms with Gasteiger partial charge in [0.05, 0.1) is 25.6 Å². The fourth-order valence-electron chi connectivity index (χ4n) is 4.61. The number of rotatable bonds is 10. The van der Waals surface area contributed by atoms with Crippen molar-refractivity contribution in [1.29, 1.82) is 0 Å². The molecule has 3 aromatic rings. The van der Waals surface area contributed by atoms with Gasteiger partial charge in [0, 0.05) is 27.6 Å². The van der Waals surface area contributed by atoms with Crippen molar-refractivity contribution in [2.45, 2.75) is 32.7 Å². The molecule has 2 amide bonds. The number of hydrogen-bond donors (Lipinski definition) is 3. The number of aryl methyl sites for hydroxylation is 1. The molecular weight excluding hydrogens is 588 g/mol. The van der Waals surface area contributed by atoms with Gasteiger partial charge >= 0.3 is 0 Å². The highest BCUT2D eigenvalue weighted by Gasteiger charge is 2.29. The average molecular weight is 612 g/mol. The quantitative estimate of drug-likeness (QED) is 0.210. The Morgan fingerprint density at radius 2 is 1.97 bits per heavy atom. The van der Waals surface area contributed by atoms with Gasteiger partial charge in [-0.05, 0) is 50.3 Å². The number of tetrazole rings is 1. The predicted molar refractivity (Wildman–Crippen MR) is 148 cm³/mol. The van der Waals surface area contributed by atoms with E-state index in [9.17, 15) is 9.59 Å². The van der Waals surface area contributed by atoms with E-state index in [1.807, 2.05) is 30.3 Å². The Labute approximate surface area is 236 Å². The summed E-state index contributed by atoms with van der Waals surface area (Å²) in [7, 11) is 0. The molecule has 0 saturated carbocycles. The maximum atomic E-state index is 13.2. The number of nitrogens with one attached hydrogen (secondary N) is 2. The van der Waals surface area contributed by atoms with E-state index in [2.05, 4.69) is 53.8 Å². The molecule has 2 aromatic heterocycles. The molecule has 0 saturated heterocycles. The van der Waals surface area contributed by atoms with Crippen LogP contribution in [0.1, 0.15) is 41.6 Å². The van der Waals surface area contributed by atoms with Gasteiger partial charge in [0.1, 0.15) is 11.5 Å². The van der Waals surface area contributed by atoms with Gasteiger partial charge in [-0.25, -0.2) is 4.98 Å². The Balaban J connectivity index is 1.71. The molecule has 1 aliphatic heterocycles. The molecule has 0 unspecified atom stereocenters. The summed E-state index contributed by atoms with van der Waals surface area (Å²) in [5.74, 6) is -0.0895. The number of carbonyl (C=O) groups is 2. The zero-order valence-corrected chi connectivity index (χ0v) is 23.2. The Morgan fingerprint density at radius 3 is 2.69 bits per heavy atom. The van der Waals surface area contributed by atoms with Crippen molar-refractivity contribution in [1.82, 2.24) is 35.5 Å². The first-order valence-electron chi connectivity index (χ1n) is 12.2. The van der Waals surface area contributed by atoms with E-state index < -0.39 is 11.8 Å². The number of unbranched alkanes of at least 4 members (excludes halogenated alkanes) is 1. The van der Waals surface area contributed by atoms with Crippen molar-refractivity contribution in [3.63, 3.8) is 0 Å². The van der Waals surface area contributed by atoms with E-state index in [0.29, 0.717) is 18.1 Å². The molecule has 13 heteroatoms. The zero-order chi connectivity index (χ0) is 27.5. The second-order valence-electron chi connectivity index (χ2n) is 8.84. The molecule has 0 radical (unpaired) electrons. The Kier molecular flexibility index (Phi) is 7.75. The van der Waals surface area contributed by atoms with E-state index >= 15 is 0 Å². The van der Waals surface area contributed by atoms with E-state index in [1.54, 1.807) is 17.1 Å². The lowest BCUT2D eigenvalue weighted by Gasteiger charge is -2.15. The minimum atomic E-state index is -0.660. The summed E-state index contributed by atoms with van der Waals surface area (Å²) in [5, 5.41) is 17.2. The summed E-state index contributed by atoms with van der Waals surface area (Å²) >= 11 is 10.3. The number of aromatic amines is 1. The average Bonchev–Trinajstić information content (AvgIpc) is 3.64. The minimum Gasteiger partial charge on any atom is -0.472 e. The molecule has 2 aliphatic rings. The lowest BCUT2D eigenvalue weighted by atomic mass is 9.97. The smallest absolute Gasteiger partial charge is 0.271 e. The highest BCUT2D eigenvalue weighted by Crippen LogP contribution is 2.48. The number of fused-ring (bicyclic) bond motifs is 1. The molecule has 11 nitrogen and oxygen atoms in total. The first-order valence-corrected chi connectivity index (χ1v) is 13.4. The van der Waals surface area contributed by atoms with Crippen molar-refractivity contribution in [3.05, 3.63) is 69.6 Å². The van der Waals surface area contributed by atoms with Crippen LogP contribution < -0.4 is 11.1 Å². The number of primary amides is 1. The standard InChI is InChI=1S/C26H24BrClN8O3/c1-2-3-8-20-31-24(28)23(26(38)30-11-19(29)37)36(20)12-17-14-9-10-39-13-18(14)22(27)21(17)15-6-4-5-7-16(15)25-32-34-35-33-25/h4-7,9-10,13H,2-3,8,11-12H2,1H3,(H2,29,37)(H,30,38)(H,32,33,34,35). The van der Waals surface area contributed by atoms with Gasteiger partial charge in [0.25, 0.3) is 5.91 Å². The monoisotopic (exact) mass is 610 g/mol. The van der Waals surface area contributed by atoms with E-state index in [4.69, 9.17) is 21.8 Å².